The van der Waals surface area contributed by atoms with E-state index in [0.29, 0.717) is 6.61 Å². The maximum absolute atomic E-state index is 13.1. The summed E-state index contributed by atoms with van der Waals surface area (Å²) in [6.07, 6.45) is 4.84. The van der Waals surface area contributed by atoms with E-state index >= 15 is 0 Å². The van der Waals surface area contributed by atoms with Crippen molar-refractivity contribution in [2.24, 2.45) is 0 Å². The van der Waals surface area contributed by atoms with Crippen molar-refractivity contribution in [2.75, 3.05) is 11.5 Å². The van der Waals surface area contributed by atoms with Gasteiger partial charge in [-0.15, -0.1) is 0 Å². The van der Waals surface area contributed by atoms with Crippen LogP contribution in [0.5, 0.6) is 0 Å². The Morgan fingerprint density at radius 2 is 1.85 bits per heavy atom. The summed E-state index contributed by atoms with van der Waals surface area (Å²) in [6, 6.07) is 7.72. The van der Waals surface area contributed by atoms with Gasteiger partial charge in [-0.3, -0.25) is 4.90 Å². The molecule has 5 nitrogen and oxygen atoms in total. The molecule has 0 aromatic heterocycles. The van der Waals surface area contributed by atoms with Crippen molar-refractivity contribution < 1.29 is 19.1 Å². The van der Waals surface area contributed by atoms with Crippen LogP contribution >= 0.6 is 0 Å². The number of benzene rings is 1. The average Bonchev–Trinajstić information content (AvgIpc) is 3.11. The van der Waals surface area contributed by atoms with Gasteiger partial charge in [0.2, 0.25) is 0 Å². The molecule has 26 heavy (non-hydrogen) atoms. The highest BCUT2D eigenvalue weighted by Gasteiger charge is 2.53. The Bertz CT molecular complexity index is 739. The molecule has 140 valence electrons. The van der Waals surface area contributed by atoms with Crippen molar-refractivity contribution in [1.82, 2.24) is 0 Å². The van der Waals surface area contributed by atoms with Crippen LogP contribution in [-0.4, -0.2) is 29.8 Å². The highest BCUT2D eigenvalue weighted by Crippen LogP contribution is 2.55. The Morgan fingerprint density at radius 1 is 1.19 bits per heavy atom. The van der Waals surface area contributed by atoms with Gasteiger partial charge >= 0.3 is 12.1 Å². The van der Waals surface area contributed by atoms with E-state index in [2.05, 4.69) is 0 Å². The number of nitrogens with zero attached hydrogens (tertiary/aromatic N) is 1. The van der Waals surface area contributed by atoms with Gasteiger partial charge in [0.25, 0.3) is 0 Å². The Morgan fingerprint density at radius 3 is 2.46 bits per heavy atom. The first-order chi connectivity index (χ1) is 12.3. The fourth-order valence-electron chi connectivity index (χ4n) is 4.05. The zero-order valence-corrected chi connectivity index (χ0v) is 16.0. The molecule has 0 saturated heterocycles. The topological polar surface area (TPSA) is 55.8 Å². The molecule has 0 atom stereocenters. The van der Waals surface area contributed by atoms with E-state index in [9.17, 15) is 9.59 Å². The summed E-state index contributed by atoms with van der Waals surface area (Å²) in [5, 5.41) is 0. The average molecular weight is 357 g/mol. The molecule has 0 bridgehead atoms. The van der Waals surface area contributed by atoms with E-state index in [1.54, 1.807) is 17.9 Å². The normalized spacial score (nSPS) is 19.7. The summed E-state index contributed by atoms with van der Waals surface area (Å²) in [4.78, 5) is 27.1. The van der Waals surface area contributed by atoms with Crippen molar-refractivity contribution in [3.05, 3.63) is 35.9 Å². The van der Waals surface area contributed by atoms with E-state index in [1.807, 2.05) is 45.0 Å². The monoisotopic (exact) mass is 357 g/mol. The van der Waals surface area contributed by atoms with E-state index in [-0.39, 0.29) is 12.1 Å². The van der Waals surface area contributed by atoms with E-state index < -0.39 is 11.1 Å². The van der Waals surface area contributed by atoms with Gasteiger partial charge in [0.15, 0.2) is 0 Å². The molecule has 1 heterocycles. The molecule has 1 saturated carbocycles. The Labute approximate surface area is 155 Å². The summed E-state index contributed by atoms with van der Waals surface area (Å²) in [5.74, 6) is -0.366. The minimum absolute atomic E-state index is 0.326. The van der Waals surface area contributed by atoms with Crippen molar-refractivity contribution in [3.8, 4) is 0 Å². The van der Waals surface area contributed by atoms with Crippen LogP contribution in [0.3, 0.4) is 0 Å². The number of hydrogen-bond acceptors (Lipinski definition) is 4. The first-order valence-corrected chi connectivity index (χ1v) is 9.30. The first kappa shape index (κ1) is 18.5. The minimum Gasteiger partial charge on any atom is -0.463 e. The molecule has 1 aromatic rings. The molecule has 2 aliphatic rings. The summed E-state index contributed by atoms with van der Waals surface area (Å²) in [5.41, 5.74) is 1.47. The number of hydrogen-bond donors (Lipinski definition) is 0. The third-order valence-corrected chi connectivity index (χ3v) is 4.92. The lowest BCUT2D eigenvalue weighted by atomic mass is 9.86. The summed E-state index contributed by atoms with van der Waals surface area (Å²) in [7, 11) is 0. The van der Waals surface area contributed by atoms with Gasteiger partial charge in [-0.25, -0.2) is 9.59 Å². The zero-order valence-electron chi connectivity index (χ0n) is 16.0. The van der Waals surface area contributed by atoms with Gasteiger partial charge in [0.05, 0.1) is 17.8 Å². The summed E-state index contributed by atoms with van der Waals surface area (Å²) < 4.78 is 10.9. The predicted molar refractivity (Wildman–Crippen MR) is 101 cm³/mol. The Hall–Kier alpha value is -2.30. The molecular formula is C21H27NO4. The van der Waals surface area contributed by atoms with E-state index in [1.165, 1.54) is 0 Å². The van der Waals surface area contributed by atoms with Crippen molar-refractivity contribution >= 4 is 23.3 Å². The van der Waals surface area contributed by atoms with Gasteiger partial charge in [-0.1, -0.05) is 31.0 Å². The van der Waals surface area contributed by atoms with Gasteiger partial charge in [-0.05, 0) is 52.2 Å². The quantitative estimate of drug-likeness (QED) is 0.569. The van der Waals surface area contributed by atoms with Crippen LogP contribution in [0.4, 0.5) is 10.5 Å². The maximum atomic E-state index is 13.1. The molecule has 5 heteroatoms. The smallest absolute Gasteiger partial charge is 0.415 e. The van der Waals surface area contributed by atoms with Crippen LogP contribution in [0.15, 0.2) is 30.3 Å². The van der Waals surface area contributed by atoms with Gasteiger partial charge in [-0.2, -0.15) is 0 Å². The molecule has 1 spiro atoms. The molecule has 1 amide bonds. The SMILES string of the molecule is CCOC(=O)/C=C1\c2ccccc2N(C(=O)OC(C)(C)C)C12CCCC2. The second-order valence-corrected chi connectivity index (χ2v) is 7.88. The number of ether oxygens (including phenoxy) is 2. The molecule has 0 N–H and O–H groups in total. The number of fused-ring (bicyclic) bond motifs is 1. The number of carbonyl (C=O) groups excluding carboxylic acids is 2. The van der Waals surface area contributed by atoms with Crippen LogP contribution in [0.1, 0.15) is 58.9 Å². The Kier molecular flexibility index (Phi) is 4.82. The number of amides is 1. The van der Waals surface area contributed by atoms with E-state index in [0.717, 1.165) is 42.5 Å². The number of para-hydroxylation sites is 1. The lowest BCUT2D eigenvalue weighted by molar-refractivity contribution is -0.137. The van der Waals surface area contributed by atoms with Crippen molar-refractivity contribution in [1.29, 1.82) is 0 Å². The van der Waals surface area contributed by atoms with Gasteiger partial charge in [0.1, 0.15) is 5.60 Å². The van der Waals surface area contributed by atoms with Crippen LogP contribution < -0.4 is 4.90 Å². The van der Waals surface area contributed by atoms with Gasteiger partial charge in [0, 0.05) is 11.6 Å². The molecule has 3 rings (SSSR count). The maximum Gasteiger partial charge on any atom is 0.415 e. The molecular weight excluding hydrogens is 330 g/mol. The lowest BCUT2D eigenvalue weighted by Crippen LogP contribution is -2.49. The van der Waals surface area contributed by atoms with Crippen LogP contribution in [0, 0.1) is 0 Å². The second kappa shape index (κ2) is 6.78. The lowest BCUT2D eigenvalue weighted by Gasteiger charge is -2.37. The van der Waals surface area contributed by atoms with E-state index in [4.69, 9.17) is 9.47 Å². The van der Waals surface area contributed by atoms with Crippen molar-refractivity contribution in [2.45, 2.75) is 64.5 Å². The van der Waals surface area contributed by atoms with Crippen molar-refractivity contribution in [3.63, 3.8) is 0 Å². The molecule has 1 aromatic carbocycles. The highest BCUT2D eigenvalue weighted by molar-refractivity contribution is 6.08. The third kappa shape index (κ3) is 3.22. The number of carbonyl (C=O) groups is 2. The largest absolute Gasteiger partial charge is 0.463 e. The van der Waals surface area contributed by atoms with Crippen LogP contribution in [0.25, 0.3) is 5.57 Å². The van der Waals surface area contributed by atoms with Crippen LogP contribution in [0.2, 0.25) is 0 Å². The third-order valence-electron chi connectivity index (χ3n) is 4.92. The molecule has 1 aliphatic heterocycles. The molecule has 1 fully saturated rings. The minimum atomic E-state index is -0.584. The zero-order chi connectivity index (χ0) is 18.9. The summed E-state index contributed by atoms with van der Waals surface area (Å²) in [6.45, 7) is 7.71. The predicted octanol–water partition coefficient (Wildman–Crippen LogP) is 4.70. The molecule has 0 unspecified atom stereocenters. The number of esters is 1. The van der Waals surface area contributed by atoms with Gasteiger partial charge < -0.3 is 9.47 Å². The number of rotatable bonds is 2. The molecule has 1 aliphatic carbocycles. The first-order valence-electron chi connectivity index (χ1n) is 9.30. The number of anilines is 1. The second-order valence-electron chi connectivity index (χ2n) is 7.88. The Balaban J connectivity index is 2.12. The highest BCUT2D eigenvalue weighted by atomic mass is 16.6. The molecule has 0 radical (unpaired) electrons. The summed E-state index contributed by atoms with van der Waals surface area (Å²) >= 11 is 0. The fourth-order valence-corrected chi connectivity index (χ4v) is 4.05. The van der Waals surface area contributed by atoms with Crippen LogP contribution in [-0.2, 0) is 14.3 Å². The standard InChI is InChI=1S/C21H27NO4/c1-5-25-18(23)14-16-15-10-6-7-11-17(15)22(19(24)26-20(2,3)4)21(16)12-8-9-13-21/h6-7,10-11,14H,5,8-9,12-13H2,1-4H3/b16-14+. The fraction of sp³-hybridized carbons (Fsp3) is 0.524.